The van der Waals surface area contributed by atoms with Crippen molar-refractivity contribution < 1.29 is 51.6 Å². The molecule has 0 aromatic heterocycles. The molecular formula is C8H8NNaO6S. The zero-order valence-corrected chi connectivity index (χ0v) is 12.0. The van der Waals surface area contributed by atoms with Gasteiger partial charge in [-0.1, -0.05) is 12.1 Å². The summed E-state index contributed by atoms with van der Waals surface area (Å²) in [4.78, 5) is 9.94. The second-order valence-corrected chi connectivity index (χ2v) is 3.97. The Bertz CT molecular complexity index is 502. The number of rotatable bonds is 4. The fraction of sp³-hybridized carbons (Fsp3) is 0.250. The summed E-state index contributed by atoms with van der Waals surface area (Å²) in [6, 6.07) is 5.44. The van der Waals surface area contributed by atoms with E-state index in [9.17, 15) is 23.1 Å². The number of nitro benzene ring substituents is 1. The minimum Gasteiger partial charge on any atom is -0.726 e. The first-order valence-electron chi connectivity index (χ1n) is 4.18. The molecule has 0 saturated carbocycles. The topological polar surface area (TPSA) is 110 Å². The van der Waals surface area contributed by atoms with E-state index in [4.69, 9.17) is 0 Å². The average Bonchev–Trinajstić information content (AvgIpc) is 2.15. The molecule has 1 aromatic carbocycles. The van der Waals surface area contributed by atoms with E-state index >= 15 is 0 Å². The van der Waals surface area contributed by atoms with Gasteiger partial charge in [0, 0.05) is 6.07 Å². The number of nitrogens with zero attached hydrogens (tertiary/aromatic N) is 1. The largest absolute Gasteiger partial charge is 1.00 e. The Labute approximate surface area is 120 Å². The van der Waals surface area contributed by atoms with Crippen LogP contribution in [0.2, 0.25) is 0 Å². The second-order valence-electron chi connectivity index (χ2n) is 2.96. The summed E-state index contributed by atoms with van der Waals surface area (Å²) >= 11 is 0. The van der Waals surface area contributed by atoms with Crippen LogP contribution in [0.4, 0.5) is 5.69 Å². The van der Waals surface area contributed by atoms with E-state index in [0.717, 1.165) is 0 Å². The molecule has 0 amide bonds. The Morgan fingerprint density at radius 3 is 2.35 bits per heavy atom. The monoisotopic (exact) mass is 269 g/mol. The van der Waals surface area contributed by atoms with Crippen LogP contribution in [0.5, 0.6) is 0 Å². The van der Waals surface area contributed by atoms with Gasteiger partial charge in [-0.2, -0.15) is 0 Å². The van der Waals surface area contributed by atoms with Crippen molar-refractivity contribution in [3.8, 4) is 0 Å². The van der Waals surface area contributed by atoms with E-state index in [2.05, 4.69) is 4.18 Å². The predicted octanol–water partition coefficient (Wildman–Crippen LogP) is -1.86. The first kappa shape index (κ1) is 16.5. The summed E-state index contributed by atoms with van der Waals surface area (Å²) in [7, 11) is -4.89. The van der Waals surface area contributed by atoms with E-state index in [1.165, 1.54) is 31.2 Å². The van der Waals surface area contributed by atoms with E-state index < -0.39 is 21.4 Å². The van der Waals surface area contributed by atoms with Crippen molar-refractivity contribution >= 4 is 16.1 Å². The maximum atomic E-state index is 10.6. The van der Waals surface area contributed by atoms with Gasteiger partial charge in [-0.15, -0.1) is 0 Å². The molecule has 0 N–H and O–H groups in total. The van der Waals surface area contributed by atoms with Gasteiger partial charge in [0.25, 0.3) is 5.69 Å². The average molecular weight is 269 g/mol. The van der Waals surface area contributed by atoms with Gasteiger partial charge in [0.2, 0.25) is 10.4 Å². The van der Waals surface area contributed by atoms with Gasteiger partial charge in [0.1, 0.15) is 6.10 Å². The second kappa shape index (κ2) is 6.43. The molecule has 88 valence electrons. The molecule has 0 heterocycles. The molecule has 9 heteroatoms. The predicted molar refractivity (Wildman–Crippen MR) is 52.3 cm³/mol. The molecule has 0 unspecified atom stereocenters. The van der Waals surface area contributed by atoms with Gasteiger partial charge in [-0.05, 0) is 13.0 Å². The normalized spacial score (nSPS) is 12.6. The quantitative estimate of drug-likeness (QED) is 0.208. The van der Waals surface area contributed by atoms with Crippen LogP contribution in [0.25, 0.3) is 0 Å². The zero-order valence-electron chi connectivity index (χ0n) is 9.19. The van der Waals surface area contributed by atoms with E-state index in [1.807, 2.05) is 0 Å². The molecule has 0 saturated heterocycles. The Balaban J connectivity index is 0.00000256. The van der Waals surface area contributed by atoms with Crippen molar-refractivity contribution in [1.29, 1.82) is 0 Å². The Morgan fingerprint density at radius 1 is 1.35 bits per heavy atom. The number of hydrogen-bond acceptors (Lipinski definition) is 6. The van der Waals surface area contributed by atoms with Crippen LogP contribution >= 0.6 is 0 Å². The van der Waals surface area contributed by atoms with Crippen molar-refractivity contribution in [2.75, 3.05) is 0 Å². The zero-order chi connectivity index (χ0) is 12.3. The maximum Gasteiger partial charge on any atom is 1.00 e. The Morgan fingerprint density at radius 2 is 1.88 bits per heavy atom. The van der Waals surface area contributed by atoms with E-state index in [-0.39, 0.29) is 40.8 Å². The van der Waals surface area contributed by atoms with Crippen LogP contribution in [-0.4, -0.2) is 17.9 Å². The first-order chi connectivity index (χ1) is 7.31. The summed E-state index contributed by atoms with van der Waals surface area (Å²) in [5.41, 5.74) is -0.259. The van der Waals surface area contributed by atoms with Gasteiger partial charge in [0.05, 0.1) is 10.5 Å². The van der Waals surface area contributed by atoms with Crippen molar-refractivity contribution in [2.24, 2.45) is 0 Å². The SMILES string of the molecule is C[C@@H](OS(=O)(=O)[O-])c1ccccc1[N+](=O)[O-].[Na+]. The minimum absolute atomic E-state index is 0. The molecule has 0 spiro atoms. The van der Waals surface area contributed by atoms with E-state index in [0.29, 0.717) is 0 Å². The van der Waals surface area contributed by atoms with Crippen molar-refractivity contribution in [3.05, 3.63) is 39.9 Å². The van der Waals surface area contributed by atoms with E-state index in [1.54, 1.807) is 0 Å². The van der Waals surface area contributed by atoms with Gasteiger partial charge >= 0.3 is 29.6 Å². The van der Waals surface area contributed by atoms with Crippen molar-refractivity contribution in [3.63, 3.8) is 0 Å². The number of nitro groups is 1. The number of hydrogen-bond donors (Lipinski definition) is 0. The summed E-state index contributed by atoms with van der Waals surface area (Å²) < 4.78 is 35.2. The Kier molecular flexibility index (Phi) is 6.24. The molecule has 1 atom stereocenters. The summed E-state index contributed by atoms with van der Waals surface area (Å²) in [5.74, 6) is 0. The first-order valence-corrected chi connectivity index (χ1v) is 5.52. The third-order valence-electron chi connectivity index (χ3n) is 1.83. The molecule has 0 aliphatic heterocycles. The smallest absolute Gasteiger partial charge is 0.726 e. The fourth-order valence-electron chi connectivity index (χ4n) is 1.23. The summed E-state index contributed by atoms with van der Waals surface area (Å²) in [6.45, 7) is 1.25. The van der Waals surface area contributed by atoms with Crippen LogP contribution < -0.4 is 29.6 Å². The fourth-order valence-corrected chi connectivity index (χ4v) is 1.68. The molecule has 0 aliphatic rings. The molecule has 1 aromatic rings. The summed E-state index contributed by atoms with van der Waals surface area (Å²) in [6.07, 6.45) is -1.19. The molecule has 1 rings (SSSR count). The molecule has 17 heavy (non-hydrogen) atoms. The molecule has 0 fully saturated rings. The number of benzene rings is 1. The van der Waals surface area contributed by atoms with Crippen molar-refractivity contribution in [1.82, 2.24) is 0 Å². The molecule has 7 nitrogen and oxygen atoms in total. The van der Waals surface area contributed by atoms with Crippen molar-refractivity contribution in [2.45, 2.75) is 13.0 Å². The van der Waals surface area contributed by atoms with Crippen LogP contribution in [0.3, 0.4) is 0 Å². The van der Waals surface area contributed by atoms with Crippen LogP contribution in [-0.2, 0) is 14.6 Å². The Hall–Kier alpha value is -0.510. The minimum atomic E-state index is -4.89. The third-order valence-corrected chi connectivity index (χ3v) is 2.36. The van der Waals surface area contributed by atoms with Crippen LogP contribution in [0, 0.1) is 10.1 Å². The number of para-hydroxylation sites is 1. The molecule has 0 bridgehead atoms. The van der Waals surface area contributed by atoms with Crippen LogP contribution in [0.15, 0.2) is 24.3 Å². The van der Waals surface area contributed by atoms with Crippen LogP contribution in [0.1, 0.15) is 18.6 Å². The standard InChI is InChI=1S/C8H9NO6S.Na/c1-6(15-16(12,13)14)7-4-2-3-5-8(7)9(10)11;/h2-6H,1H3,(H,12,13,14);/q;+1/p-1/t6-;/m1./s1. The molecular weight excluding hydrogens is 261 g/mol. The molecule has 0 aliphatic carbocycles. The molecule has 0 radical (unpaired) electrons. The van der Waals surface area contributed by atoms with Gasteiger partial charge in [-0.25, -0.2) is 8.42 Å². The maximum absolute atomic E-state index is 10.6. The third kappa shape index (κ3) is 5.11. The van der Waals surface area contributed by atoms with Gasteiger partial charge in [0.15, 0.2) is 0 Å². The summed E-state index contributed by atoms with van der Waals surface area (Å²) in [5, 5.41) is 10.6. The van der Waals surface area contributed by atoms with Gasteiger partial charge < -0.3 is 4.55 Å². The van der Waals surface area contributed by atoms with Gasteiger partial charge in [-0.3, -0.25) is 14.3 Å².